The quantitative estimate of drug-likeness (QED) is 0.273. The predicted molar refractivity (Wildman–Crippen MR) is 146 cm³/mol. The van der Waals surface area contributed by atoms with Crippen molar-refractivity contribution in [1.29, 1.82) is 0 Å². The molecule has 4 rings (SSSR count). The number of amides is 3. The van der Waals surface area contributed by atoms with Gasteiger partial charge in [0, 0.05) is 23.0 Å². The van der Waals surface area contributed by atoms with Crippen LogP contribution < -0.4 is 20.7 Å². The number of benzene rings is 2. The van der Waals surface area contributed by atoms with Gasteiger partial charge in [-0.25, -0.2) is 4.98 Å². The molecule has 4 aromatic rings. The molecule has 2 aromatic heterocycles. The molecule has 9 nitrogen and oxygen atoms in total. The van der Waals surface area contributed by atoms with Crippen molar-refractivity contribution in [2.45, 2.75) is 32.7 Å². The van der Waals surface area contributed by atoms with E-state index in [1.165, 1.54) is 24.8 Å². The number of hydrogen-bond acceptors (Lipinski definition) is 7. The zero-order chi connectivity index (χ0) is 27.3. The molecule has 196 valence electrons. The minimum absolute atomic E-state index is 0.153. The van der Waals surface area contributed by atoms with Crippen molar-refractivity contribution in [3.8, 4) is 17.1 Å². The molecule has 0 aliphatic heterocycles. The molecule has 0 saturated heterocycles. The Morgan fingerprint density at radius 2 is 1.74 bits per heavy atom. The van der Waals surface area contributed by atoms with E-state index in [4.69, 9.17) is 9.15 Å². The van der Waals surface area contributed by atoms with Crippen molar-refractivity contribution in [2.75, 3.05) is 17.7 Å². The summed E-state index contributed by atoms with van der Waals surface area (Å²) in [4.78, 5) is 42.2. The van der Waals surface area contributed by atoms with Crippen LogP contribution in [0.2, 0.25) is 0 Å². The van der Waals surface area contributed by atoms with Crippen LogP contribution >= 0.6 is 11.3 Å². The average molecular weight is 533 g/mol. The van der Waals surface area contributed by atoms with Crippen molar-refractivity contribution in [3.63, 3.8) is 0 Å². The van der Waals surface area contributed by atoms with Gasteiger partial charge in [-0.05, 0) is 74.0 Å². The fraction of sp³-hybridized carbons (Fsp3) is 0.214. The van der Waals surface area contributed by atoms with Crippen LogP contribution in [0.25, 0.3) is 11.3 Å². The molecular formula is C28H28N4O5S. The standard InChI is InChI=1S/C28H28N4O5S/c1-17-11-24(38-15-17)25(33)30-19-7-5-18(6-8-19)13-28(2,3)32-27(35)26(34)31-20-9-10-21(22(12-20)36-4)23-14-29-16-37-23/h5-12,14-16H,13H2,1-4H3,(H,30,33)(H,31,34)(H,32,35). The lowest BCUT2D eigenvalue weighted by Gasteiger charge is -2.26. The molecule has 0 saturated carbocycles. The van der Waals surface area contributed by atoms with E-state index in [-0.39, 0.29) is 5.91 Å². The van der Waals surface area contributed by atoms with Crippen molar-refractivity contribution in [3.05, 3.63) is 82.5 Å². The number of nitrogens with one attached hydrogen (secondary N) is 3. The third-order valence-electron chi connectivity index (χ3n) is 5.63. The topological polar surface area (TPSA) is 123 Å². The van der Waals surface area contributed by atoms with E-state index in [1.54, 1.807) is 24.4 Å². The molecule has 0 radical (unpaired) electrons. The molecule has 2 aromatic carbocycles. The van der Waals surface area contributed by atoms with E-state index in [1.807, 2.05) is 56.5 Å². The van der Waals surface area contributed by atoms with Crippen LogP contribution in [-0.2, 0) is 16.0 Å². The Hall–Kier alpha value is -4.44. The predicted octanol–water partition coefficient (Wildman–Crippen LogP) is 5.05. The summed E-state index contributed by atoms with van der Waals surface area (Å²) < 4.78 is 10.7. The minimum atomic E-state index is -0.797. The zero-order valence-electron chi connectivity index (χ0n) is 21.5. The summed E-state index contributed by atoms with van der Waals surface area (Å²) >= 11 is 1.40. The summed E-state index contributed by atoms with van der Waals surface area (Å²) in [7, 11) is 1.50. The molecule has 38 heavy (non-hydrogen) atoms. The van der Waals surface area contributed by atoms with Gasteiger partial charge in [-0.3, -0.25) is 14.4 Å². The number of carbonyl (C=O) groups is 3. The van der Waals surface area contributed by atoms with Gasteiger partial charge in [-0.1, -0.05) is 12.1 Å². The highest BCUT2D eigenvalue weighted by atomic mass is 32.1. The highest BCUT2D eigenvalue weighted by molar-refractivity contribution is 7.12. The second-order valence-corrected chi connectivity index (χ2v) is 10.3. The van der Waals surface area contributed by atoms with Gasteiger partial charge in [0.1, 0.15) is 5.75 Å². The second-order valence-electron chi connectivity index (χ2n) is 9.39. The molecular weight excluding hydrogens is 504 g/mol. The van der Waals surface area contributed by atoms with Gasteiger partial charge in [0.15, 0.2) is 12.2 Å². The van der Waals surface area contributed by atoms with Crippen LogP contribution in [-0.4, -0.2) is 35.4 Å². The molecule has 0 fully saturated rings. The summed E-state index contributed by atoms with van der Waals surface area (Å²) in [5, 5.41) is 10.2. The lowest BCUT2D eigenvalue weighted by atomic mass is 9.94. The van der Waals surface area contributed by atoms with E-state index in [9.17, 15) is 14.4 Å². The number of hydrogen-bond donors (Lipinski definition) is 3. The largest absolute Gasteiger partial charge is 0.496 e. The minimum Gasteiger partial charge on any atom is -0.496 e. The summed E-state index contributed by atoms with van der Waals surface area (Å²) in [5.74, 6) is -0.727. The van der Waals surface area contributed by atoms with Crippen LogP contribution in [0.15, 0.2) is 70.9 Å². The molecule has 0 aliphatic carbocycles. The van der Waals surface area contributed by atoms with E-state index >= 15 is 0 Å². The van der Waals surface area contributed by atoms with Gasteiger partial charge in [0.05, 0.1) is 23.7 Å². The van der Waals surface area contributed by atoms with Crippen LogP contribution in [0.5, 0.6) is 5.75 Å². The van der Waals surface area contributed by atoms with E-state index in [0.29, 0.717) is 39.7 Å². The molecule has 0 aliphatic rings. The fourth-order valence-electron chi connectivity index (χ4n) is 3.88. The van der Waals surface area contributed by atoms with E-state index < -0.39 is 17.4 Å². The zero-order valence-corrected chi connectivity index (χ0v) is 22.3. The van der Waals surface area contributed by atoms with Crippen molar-refractivity contribution >= 4 is 40.4 Å². The molecule has 0 bridgehead atoms. The summed E-state index contributed by atoms with van der Waals surface area (Å²) in [6, 6.07) is 14.2. The first kappa shape index (κ1) is 26.6. The number of carbonyl (C=O) groups excluding carboxylic acids is 3. The van der Waals surface area contributed by atoms with Crippen LogP contribution in [0.4, 0.5) is 11.4 Å². The maximum absolute atomic E-state index is 12.6. The molecule has 10 heteroatoms. The number of oxazole rings is 1. The molecule has 0 atom stereocenters. The number of anilines is 2. The number of nitrogens with zero attached hydrogens (tertiary/aromatic N) is 1. The highest BCUT2D eigenvalue weighted by Crippen LogP contribution is 2.32. The number of rotatable bonds is 8. The first-order valence-electron chi connectivity index (χ1n) is 11.8. The number of ether oxygens (including phenoxy) is 1. The Bertz CT molecular complexity index is 1440. The summed E-state index contributed by atoms with van der Waals surface area (Å²) in [5.41, 5.74) is 3.03. The summed E-state index contributed by atoms with van der Waals surface area (Å²) in [6.45, 7) is 5.62. The van der Waals surface area contributed by atoms with Crippen LogP contribution in [0.3, 0.4) is 0 Å². The Labute approximate surface area is 224 Å². The van der Waals surface area contributed by atoms with Gasteiger partial charge < -0.3 is 25.1 Å². The van der Waals surface area contributed by atoms with Gasteiger partial charge in [0.25, 0.3) is 5.91 Å². The highest BCUT2D eigenvalue weighted by Gasteiger charge is 2.25. The van der Waals surface area contributed by atoms with E-state index in [2.05, 4.69) is 20.9 Å². The lowest BCUT2D eigenvalue weighted by Crippen LogP contribution is -2.49. The number of aryl methyl sites for hydroxylation is 1. The first-order valence-corrected chi connectivity index (χ1v) is 12.7. The first-order chi connectivity index (χ1) is 18.1. The van der Waals surface area contributed by atoms with E-state index in [0.717, 1.165) is 11.1 Å². The summed E-state index contributed by atoms with van der Waals surface area (Å²) in [6.07, 6.45) is 3.35. The molecule has 0 unspecified atom stereocenters. The Morgan fingerprint density at radius 3 is 2.37 bits per heavy atom. The van der Waals surface area contributed by atoms with Gasteiger partial charge in [-0.2, -0.15) is 0 Å². The Kier molecular flexibility index (Phi) is 7.92. The number of thiophene rings is 1. The van der Waals surface area contributed by atoms with Gasteiger partial charge >= 0.3 is 11.8 Å². The maximum Gasteiger partial charge on any atom is 0.313 e. The monoisotopic (exact) mass is 532 g/mol. The third-order valence-corrected chi connectivity index (χ3v) is 6.67. The van der Waals surface area contributed by atoms with Crippen LogP contribution in [0, 0.1) is 6.92 Å². The third kappa shape index (κ3) is 6.65. The molecule has 3 N–H and O–H groups in total. The van der Waals surface area contributed by atoms with Gasteiger partial charge in [0.2, 0.25) is 0 Å². The van der Waals surface area contributed by atoms with Crippen molar-refractivity contribution in [2.24, 2.45) is 0 Å². The SMILES string of the molecule is COc1cc(NC(=O)C(=O)NC(C)(C)Cc2ccc(NC(=O)c3cc(C)cs3)cc2)ccc1-c1cnco1. The molecule has 0 spiro atoms. The fourth-order valence-corrected chi connectivity index (χ4v) is 4.67. The molecule has 3 amide bonds. The Balaban J connectivity index is 1.33. The van der Waals surface area contributed by atoms with Gasteiger partial charge in [-0.15, -0.1) is 11.3 Å². The molecule has 2 heterocycles. The lowest BCUT2D eigenvalue weighted by molar-refractivity contribution is -0.137. The normalized spacial score (nSPS) is 11.1. The van der Waals surface area contributed by atoms with Crippen molar-refractivity contribution in [1.82, 2.24) is 10.3 Å². The smallest absolute Gasteiger partial charge is 0.313 e. The number of methoxy groups -OCH3 is 1. The van der Waals surface area contributed by atoms with Crippen LogP contribution in [0.1, 0.15) is 34.6 Å². The average Bonchev–Trinajstić information content (AvgIpc) is 3.57. The second kappa shape index (κ2) is 11.3. The number of aromatic nitrogens is 1. The van der Waals surface area contributed by atoms with Crippen molar-refractivity contribution < 1.29 is 23.5 Å². The maximum atomic E-state index is 12.6. The Morgan fingerprint density at radius 1 is 1.00 bits per heavy atom.